The van der Waals surface area contributed by atoms with Gasteiger partial charge in [0, 0.05) is 30.2 Å². The van der Waals surface area contributed by atoms with Gasteiger partial charge < -0.3 is 15.5 Å². The van der Waals surface area contributed by atoms with Gasteiger partial charge in [-0.3, -0.25) is 19.1 Å². The van der Waals surface area contributed by atoms with Crippen LogP contribution in [0.25, 0.3) is 0 Å². The Morgan fingerprint density at radius 3 is 2.67 bits per heavy atom. The summed E-state index contributed by atoms with van der Waals surface area (Å²) >= 11 is 6.16. The number of benzene rings is 1. The quantitative estimate of drug-likeness (QED) is 0.648. The molecule has 9 heteroatoms. The van der Waals surface area contributed by atoms with Crippen LogP contribution in [-0.2, 0) is 17.9 Å². The first kappa shape index (κ1) is 23.3. The second-order valence-corrected chi connectivity index (χ2v) is 9.44. The summed E-state index contributed by atoms with van der Waals surface area (Å²) < 4.78 is 1.49. The standard InChI is InChI=1S/C24H30ClN5O3/c1-3-12-29-22(32)20-13-19(21(31)26-14-16-8-4-7-11-18(16)25)28-30(20)15-24(29,2)23(33)27-17-9-5-6-10-17/h4,7-8,11,13,17H,3,5-6,9-10,12,14-15H2,1-2H3,(H,26,31)(H,27,33). The van der Waals surface area contributed by atoms with Gasteiger partial charge in [-0.1, -0.05) is 49.6 Å². The molecule has 1 aromatic carbocycles. The van der Waals surface area contributed by atoms with Crippen molar-refractivity contribution in [3.8, 4) is 0 Å². The molecule has 2 N–H and O–H groups in total. The molecule has 8 nitrogen and oxygen atoms in total. The van der Waals surface area contributed by atoms with Gasteiger partial charge in [0.25, 0.3) is 11.8 Å². The first-order valence-corrected chi connectivity index (χ1v) is 11.9. The number of amides is 3. The lowest BCUT2D eigenvalue weighted by Gasteiger charge is -2.43. The fraction of sp³-hybridized carbons (Fsp3) is 0.500. The number of rotatable bonds is 7. The number of fused-ring (bicyclic) bond motifs is 1. The molecule has 1 unspecified atom stereocenters. The molecule has 0 spiro atoms. The van der Waals surface area contributed by atoms with Crippen LogP contribution in [0.3, 0.4) is 0 Å². The zero-order valence-electron chi connectivity index (χ0n) is 19.1. The van der Waals surface area contributed by atoms with E-state index in [-0.39, 0.29) is 36.6 Å². The topological polar surface area (TPSA) is 96.3 Å². The van der Waals surface area contributed by atoms with Gasteiger partial charge in [-0.25, -0.2) is 0 Å². The Morgan fingerprint density at radius 1 is 1.24 bits per heavy atom. The lowest BCUT2D eigenvalue weighted by molar-refractivity contribution is -0.133. The van der Waals surface area contributed by atoms with E-state index in [4.69, 9.17) is 11.6 Å². The second kappa shape index (κ2) is 9.55. The number of carbonyl (C=O) groups is 3. The van der Waals surface area contributed by atoms with Crippen LogP contribution in [0.5, 0.6) is 0 Å². The van der Waals surface area contributed by atoms with Crippen LogP contribution in [0.4, 0.5) is 0 Å². The van der Waals surface area contributed by atoms with Crippen LogP contribution in [0, 0.1) is 0 Å². The van der Waals surface area contributed by atoms with E-state index in [9.17, 15) is 14.4 Å². The number of halogens is 1. The summed E-state index contributed by atoms with van der Waals surface area (Å²) in [7, 11) is 0. The average molecular weight is 472 g/mol. The van der Waals surface area contributed by atoms with Crippen molar-refractivity contribution < 1.29 is 14.4 Å². The maximum Gasteiger partial charge on any atom is 0.273 e. The van der Waals surface area contributed by atoms with Gasteiger partial charge in [-0.05, 0) is 37.8 Å². The number of nitrogens with one attached hydrogen (secondary N) is 2. The fourth-order valence-corrected chi connectivity index (χ4v) is 4.85. The van der Waals surface area contributed by atoms with E-state index >= 15 is 0 Å². The number of hydrogen-bond donors (Lipinski definition) is 2. The molecule has 1 atom stereocenters. The maximum absolute atomic E-state index is 13.4. The zero-order chi connectivity index (χ0) is 23.6. The minimum atomic E-state index is -1.07. The molecule has 0 bridgehead atoms. The van der Waals surface area contributed by atoms with Crippen LogP contribution in [-0.4, -0.2) is 50.5 Å². The highest BCUT2D eigenvalue weighted by molar-refractivity contribution is 6.31. The number of nitrogens with zero attached hydrogens (tertiary/aromatic N) is 3. The van der Waals surface area contributed by atoms with Crippen molar-refractivity contribution >= 4 is 29.3 Å². The molecule has 176 valence electrons. The van der Waals surface area contributed by atoms with E-state index in [0.717, 1.165) is 37.7 Å². The van der Waals surface area contributed by atoms with Gasteiger partial charge in [0.05, 0.1) is 6.54 Å². The van der Waals surface area contributed by atoms with Crippen molar-refractivity contribution in [1.29, 1.82) is 0 Å². The van der Waals surface area contributed by atoms with E-state index in [2.05, 4.69) is 15.7 Å². The molecule has 2 heterocycles. The number of hydrogen-bond acceptors (Lipinski definition) is 4. The molecule has 1 aliphatic heterocycles. The maximum atomic E-state index is 13.4. The highest BCUT2D eigenvalue weighted by atomic mass is 35.5. The molecule has 2 aliphatic rings. The van der Waals surface area contributed by atoms with Gasteiger partial charge in [0.1, 0.15) is 11.2 Å². The Bertz CT molecular complexity index is 1060. The minimum absolute atomic E-state index is 0.141. The molecule has 33 heavy (non-hydrogen) atoms. The summed E-state index contributed by atoms with van der Waals surface area (Å²) in [6.45, 7) is 4.66. The van der Waals surface area contributed by atoms with Crippen LogP contribution in [0.15, 0.2) is 30.3 Å². The Morgan fingerprint density at radius 2 is 1.97 bits per heavy atom. The third kappa shape index (κ3) is 4.62. The minimum Gasteiger partial charge on any atom is -0.351 e. The zero-order valence-corrected chi connectivity index (χ0v) is 19.8. The molecule has 0 radical (unpaired) electrons. The Kier molecular flexibility index (Phi) is 6.74. The van der Waals surface area contributed by atoms with Crippen LogP contribution < -0.4 is 10.6 Å². The SMILES string of the molecule is CCCN1C(=O)c2cc(C(=O)NCc3ccccc3Cl)nn2CC1(C)C(=O)NC1CCCC1. The summed E-state index contributed by atoms with van der Waals surface area (Å²) in [6.07, 6.45) is 4.86. The molecule has 0 saturated heterocycles. The van der Waals surface area contributed by atoms with Crippen LogP contribution in [0.1, 0.15) is 72.5 Å². The molecular weight excluding hydrogens is 442 g/mol. The third-order valence-electron chi connectivity index (χ3n) is 6.55. The molecule has 1 aromatic heterocycles. The Hall–Kier alpha value is -2.87. The molecular formula is C24H30ClN5O3. The molecule has 3 amide bonds. The molecule has 1 aliphatic carbocycles. The number of aromatic nitrogens is 2. The van der Waals surface area contributed by atoms with Crippen molar-refractivity contribution in [2.24, 2.45) is 0 Å². The van der Waals surface area contributed by atoms with Crippen molar-refractivity contribution in [3.05, 3.63) is 52.3 Å². The smallest absolute Gasteiger partial charge is 0.273 e. The average Bonchev–Trinajstić information content (AvgIpc) is 3.46. The van der Waals surface area contributed by atoms with Crippen molar-refractivity contribution in [3.63, 3.8) is 0 Å². The van der Waals surface area contributed by atoms with E-state index in [1.54, 1.807) is 17.9 Å². The predicted molar refractivity (Wildman–Crippen MR) is 125 cm³/mol. The van der Waals surface area contributed by atoms with Crippen LogP contribution in [0.2, 0.25) is 5.02 Å². The van der Waals surface area contributed by atoms with Gasteiger partial charge >= 0.3 is 0 Å². The summed E-state index contributed by atoms with van der Waals surface area (Å²) in [6, 6.07) is 8.92. The highest BCUT2D eigenvalue weighted by Crippen LogP contribution is 2.29. The summed E-state index contributed by atoms with van der Waals surface area (Å²) in [5.74, 6) is -0.851. The van der Waals surface area contributed by atoms with Gasteiger partial charge in [0.2, 0.25) is 5.91 Å². The van der Waals surface area contributed by atoms with Crippen molar-refractivity contribution in [2.45, 2.75) is 70.6 Å². The van der Waals surface area contributed by atoms with Gasteiger partial charge in [-0.2, -0.15) is 5.10 Å². The highest BCUT2D eigenvalue weighted by Gasteiger charge is 2.48. The van der Waals surface area contributed by atoms with Crippen molar-refractivity contribution in [2.75, 3.05) is 6.54 Å². The van der Waals surface area contributed by atoms with E-state index in [1.807, 2.05) is 25.1 Å². The van der Waals surface area contributed by atoms with Gasteiger partial charge in [-0.15, -0.1) is 0 Å². The fourth-order valence-electron chi connectivity index (χ4n) is 4.64. The van der Waals surface area contributed by atoms with E-state index in [0.29, 0.717) is 17.3 Å². The second-order valence-electron chi connectivity index (χ2n) is 9.03. The largest absolute Gasteiger partial charge is 0.351 e. The summed E-state index contributed by atoms with van der Waals surface area (Å²) in [5, 5.41) is 10.9. The van der Waals surface area contributed by atoms with E-state index < -0.39 is 11.4 Å². The molecule has 2 aromatic rings. The lowest BCUT2D eigenvalue weighted by atomic mass is 9.94. The summed E-state index contributed by atoms with van der Waals surface area (Å²) in [5.41, 5.74) is 0.178. The van der Waals surface area contributed by atoms with Gasteiger partial charge in [0.15, 0.2) is 5.69 Å². The van der Waals surface area contributed by atoms with Crippen molar-refractivity contribution in [1.82, 2.24) is 25.3 Å². The van der Waals surface area contributed by atoms with Crippen LogP contribution >= 0.6 is 11.6 Å². The monoisotopic (exact) mass is 471 g/mol. The predicted octanol–water partition coefficient (Wildman–Crippen LogP) is 3.15. The van der Waals surface area contributed by atoms with E-state index in [1.165, 1.54) is 10.7 Å². The molecule has 1 fully saturated rings. The molecule has 4 rings (SSSR count). The Labute approximate surface area is 198 Å². The first-order chi connectivity index (χ1) is 15.8. The first-order valence-electron chi connectivity index (χ1n) is 11.6. The number of carbonyl (C=O) groups excluding carboxylic acids is 3. The lowest BCUT2D eigenvalue weighted by Crippen LogP contribution is -2.65. The summed E-state index contributed by atoms with van der Waals surface area (Å²) in [4.78, 5) is 41.0. The molecule has 1 saturated carbocycles. The Balaban J connectivity index is 1.54. The third-order valence-corrected chi connectivity index (χ3v) is 6.92. The normalized spacial score (nSPS) is 20.6.